The van der Waals surface area contributed by atoms with Gasteiger partial charge >= 0.3 is 5.97 Å². The molecule has 0 aliphatic heterocycles. The number of hydrogen-bond acceptors (Lipinski definition) is 9. The van der Waals surface area contributed by atoms with Crippen LogP contribution in [0, 0.1) is 5.92 Å². The lowest BCUT2D eigenvalue weighted by Crippen LogP contribution is -2.17. The summed E-state index contributed by atoms with van der Waals surface area (Å²) in [6.07, 6.45) is 2.46. The van der Waals surface area contributed by atoms with E-state index in [4.69, 9.17) is 33.2 Å². The van der Waals surface area contributed by atoms with Crippen molar-refractivity contribution in [3.8, 4) is 28.7 Å². The van der Waals surface area contributed by atoms with Crippen LogP contribution in [0.2, 0.25) is 0 Å². The molecule has 0 aliphatic carbocycles. The van der Waals surface area contributed by atoms with Crippen molar-refractivity contribution in [1.29, 1.82) is 0 Å². The topological polar surface area (TPSA) is 98.8 Å². The Hall–Kier alpha value is -3.46. The van der Waals surface area contributed by atoms with E-state index in [-0.39, 0.29) is 19.8 Å². The van der Waals surface area contributed by atoms with Crippen LogP contribution in [-0.2, 0) is 25.5 Å². The summed E-state index contributed by atoms with van der Waals surface area (Å²) in [5, 5.41) is 0. The highest BCUT2D eigenvalue weighted by atomic mass is 16.7. The Kier molecular flexibility index (Phi) is 12.0. The van der Waals surface area contributed by atoms with Gasteiger partial charge in [0, 0.05) is 36.6 Å². The van der Waals surface area contributed by atoms with E-state index in [1.165, 1.54) is 28.4 Å². The Bertz CT molecular complexity index is 1030. The highest BCUT2D eigenvalue weighted by molar-refractivity contribution is 5.72. The van der Waals surface area contributed by atoms with Crippen molar-refractivity contribution in [1.82, 2.24) is 0 Å². The number of esters is 1. The maximum absolute atomic E-state index is 12.0. The molecule has 9 nitrogen and oxygen atoms in total. The maximum Gasteiger partial charge on any atom is 0.343 e. The quantitative estimate of drug-likeness (QED) is 0.180. The van der Waals surface area contributed by atoms with Crippen molar-refractivity contribution >= 4 is 12.3 Å². The Labute approximate surface area is 218 Å². The molecule has 0 saturated carbocycles. The third kappa shape index (κ3) is 7.76. The number of hydrogen-bond donors (Lipinski definition) is 0. The van der Waals surface area contributed by atoms with Crippen LogP contribution in [0.1, 0.15) is 49.3 Å². The molecule has 1 unspecified atom stereocenters. The second-order valence-electron chi connectivity index (χ2n) is 8.72. The molecular weight excluding hydrogens is 480 g/mol. The van der Waals surface area contributed by atoms with Gasteiger partial charge in [0.25, 0.3) is 0 Å². The summed E-state index contributed by atoms with van der Waals surface area (Å²) in [7, 11) is 7.48. The minimum absolute atomic E-state index is 0.0600. The number of carbonyl (C=O) groups is 2. The molecule has 9 heteroatoms. The van der Waals surface area contributed by atoms with Crippen LogP contribution in [0.25, 0.3) is 0 Å². The van der Waals surface area contributed by atoms with Gasteiger partial charge in [-0.1, -0.05) is 19.9 Å². The first kappa shape index (κ1) is 29.8. The van der Waals surface area contributed by atoms with Crippen molar-refractivity contribution in [3.63, 3.8) is 0 Å². The van der Waals surface area contributed by atoms with E-state index in [2.05, 4.69) is 13.8 Å². The first-order valence-electron chi connectivity index (χ1n) is 12.1. The zero-order valence-corrected chi connectivity index (χ0v) is 22.8. The van der Waals surface area contributed by atoms with Crippen LogP contribution in [0.15, 0.2) is 24.3 Å². The van der Waals surface area contributed by atoms with Crippen LogP contribution in [0.3, 0.4) is 0 Å². The molecule has 0 radical (unpaired) electrons. The Morgan fingerprint density at radius 1 is 0.892 bits per heavy atom. The largest absolute Gasteiger partial charge is 0.496 e. The highest BCUT2D eigenvalue weighted by Crippen LogP contribution is 2.48. The normalized spacial score (nSPS) is 11.6. The summed E-state index contributed by atoms with van der Waals surface area (Å²) in [6.45, 7) is 4.00. The lowest BCUT2D eigenvalue weighted by atomic mass is 9.85. The number of carbonyl (C=O) groups excluding carboxylic acids is 2. The average molecular weight is 519 g/mol. The minimum Gasteiger partial charge on any atom is -0.496 e. The standard InChI is InChI=1S/C28H38O9/c1-18(2)8-10-21-23(32-4)15-25(34-6)27(28(21)36-16-26(30)35-7)20(12-13-29)19-9-11-22(37-17-31-3)24(14-19)33-5/h9,11,13-15,18,20H,8,10,12,16-17H2,1-7H3. The van der Waals surface area contributed by atoms with Crippen molar-refractivity contribution in [2.75, 3.05) is 48.9 Å². The van der Waals surface area contributed by atoms with E-state index in [1.807, 2.05) is 6.07 Å². The van der Waals surface area contributed by atoms with E-state index in [1.54, 1.807) is 25.3 Å². The summed E-state index contributed by atoms with van der Waals surface area (Å²) in [5.41, 5.74) is 2.19. The molecule has 0 saturated heterocycles. The number of rotatable bonds is 16. The first-order chi connectivity index (χ1) is 17.8. The minimum atomic E-state index is -0.532. The molecule has 0 N–H and O–H groups in total. The highest BCUT2D eigenvalue weighted by Gasteiger charge is 2.29. The van der Waals surface area contributed by atoms with Gasteiger partial charge in [0.1, 0.15) is 23.5 Å². The number of benzene rings is 2. The number of methoxy groups -OCH3 is 5. The van der Waals surface area contributed by atoms with Gasteiger partial charge in [-0.05, 0) is 36.5 Å². The second kappa shape index (κ2) is 14.9. The Balaban J connectivity index is 2.78. The molecule has 0 amide bonds. The fourth-order valence-electron chi connectivity index (χ4n) is 4.04. The average Bonchev–Trinajstić information content (AvgIpc) is 2.91. The van der Waals surface area contributed by atoms with Crippen LogP contribution >= 0.6 is 0 Å². The molecule has 0 fully saturated rings. The lowest BCUT2D eigenvalue weighted by molar-refractivity contribution is -0.143. The van der Waals surface area contributed by atoms with Crippen molar-refractivity contribution in [2.45, 2.75) is 39.0 Å². The molecule has 0 spiro atoms. The number of aldehydes is 1. The molecule has 0 aliphatic rings. The summed E-state index contributed by atoms with van der Waals surface area (Å²) < 4.78 is 38.5. The monoisotopic (exact) mass is 518 g/mol. The first-order valence-corrected chi connectivity index (χ1v) is 12.1. The van der Waals surface area contributed by atoms with Gasteiger partial charge < -0.3 is 38.0 Å². The number of ether oxygens (including phenoxy) is 7. The van der Waals surface area contributed by atoms with Crippen LogP contribution < -0.4 is 23.7 Å². The van der Waals surface area contributed by atoms with Crippen molar-refractivity contribution < 1.29 is 42.7 Å². The zero-order chi connectivity index (χ0) is 27.4. The van der Waals surface area contributed by atoms with Gasteiger partial charge in [-0.15, -0.1) is 0 Å². The predicted molar refractivity (Wildman–Crippen MR) is 138 cm³/mol. The third-order valence-electron chi connectivity index (χ3n) is 5.92. The summed E-state index contributed by atoms with van der Waals surface area (Å²) in [4.78, 5) is 24.0. The predicted octanol–water partition coefficient (Wildman–Crippen LogP) is 4.56. The van der Waals surface area contributed by atoms with Crippen LogP contribution in [-0.4, -0.2) is 61.2 Å². The summed E-state index contributed by atoms with van der Waals surface area (Å²) in [6, 6.07) is 7.21. The Morgan fingerprint density at radius 2 is 1.59 bits per heavy atom. The van der Waals surface area contributed by atoms with E-state index >= 15 is 0 Å². The molecule has 0 heterocycles. The van der Waals surface area contributed by atoms with Crippen LogP contribution in [0.5, 0.6) is 28.7 Å². The van der Waals surface area contributed by atoms with E-state index < -0.39 is 11.9 Å². The van der Waals surface area contributed by atoms with Gasteiger partial charge in [0.2, 0.25) is 0 Å². The van der Waals surface area contributed by atoms with E-state index in [0.717, 1.165) is 23.8 Å². The lowest BCUT2D eigenvalue weighted by Gasteiger charge is -2.26. The molecule has 2 rings (SSSR count). The molecular formula is C28H38O9. The Morgan fingerprint density at radius 3 is 2.16 bits per heavy atom. The molecule has 204 valence electrons. The summed E-state index contributed by atoms with van der Waals surface area (Å²) >= 11 is 0. The SMILES string of the molecule is COCOc1ccc(C(CC=O)c2c(OC)cc(OC)c(CCC(C)C)c2OCC(=O)OC)cc1OC. The molecule has 0 bridgehead atoms. The van der Waals surface area contributed by atoms with Crippen molar-refractivity contribution in [3.05, 3.63) is 41.0 Å². The molecule has 2 aromatic carbocycles. The summed E-state index contributed by atoms with van der Waals surface area (Å²) in [5.74, 6) is 1.87. The smallest absolute Gasteiger partial charge is 0.343 e. The van der Waals surface area contributed by atoms with Crippen molar-refractivity contribution in [2.24, 2.45) is 5.92 Å². The van der Waals surface area contributed by atoms with E-state index in [9.17, 15) is 9.59 Å². The van der Waals surface area contributed by atoms with Crippen LogP contribution in [0.4, 0.5) is 0 Å². The second-order valence-corrected chi connectivity index (χ2v) is 8.72. The fourth-order valence-corrected chi connectivity index (χ4v) is 4.04. The molecule has 2 aromatic rings. The molecule has 0 aromatic heterocycles. The zero-order valence-electron chi connectivity index (χ0n) is 22.8. The van der Waals surface area contributed by atoms with Gasteiger partial charge in [-0.3, -0.25) is 0 Å². The third-order valence-corrected chi connectivity index (χ3v) is 5.92. The van der Waals surface area contributed by atoms with Gasteiger partial charge in [0.05, 0.1) is 28.4 Å². The van der Waals surface area contributed by atoms with Gasteiger partial charge in [-0.25, -0.2) is 4.79 Å². The maximum atomic E-state index is 12.0. The fraction of sp³-hybridized carbons (Fsp3) is 0.500. The molecule has 37 heavy (non-hydrogen) atoms. The molecule has 1 atom stereocenters. The van der Waals surface area contributed by atoms with E-state index in [0.29, 0.717) is 46.6 Å². The van der Waals surface area contributed by atoms with Gasteiger partial charge in [0.15, 0.2) is 24.9 Å². The van der Waals surface area contributed by atoms with Gasteiger partial charge in [-0.2, -0.15) is 0 Å².